The van der Waals surface area contributed by atoms with Crippen LogP contribution in [-0.2, 0) is 44.9 Å². The SMILES string of the molecule is O=C(CN1C(=O)CCC1=O)NCCn1nc(C(F)(F)F)c2c1CCOC2. The van der Waals surface area contributed by atoms with Gasteiger partial charge in [0.05, 0.1) is 19.8 Å². The van der Waals surface area contributed by atoms with Crippen molar-refractivity contribution in [1.82, 2.24) is 20.0 Å². The Labute approximate surface area is 146 Å². The monoisotopic (exact) mass is 374 g/mol. The van der Waals surface area contributed by atoms with Crippen LogP contribution in [0, 0.1) is 0 Å². The third-order valence-corrected chi connectivity index (χ3v) is 4.27. The number of imide groups is 1. The number of hydrogen-bond acceptors (Lipinski definition) is 5. The maximum absolute atomic E-state index is 13.1. The van der Waals surface area contributed by atoms with Crippen molar-refractivity contribution >= 4 is 17.7 Å². The molecule has 0 unspecified atom stereocenters. The van der Waals surface area contributed by atoms with Gasteiger partial charge in [-0.05, 0) is 0 Å². The molecule has 2 aliphatic heterocycles. The van der Waals surface area contributed by atoms with Crippen molar-refractivity contribution < 1.29 is 32.3 Å². The molecule has 0 radical (unpaired) electrons. The van der Waals surface area contributed by atoms with Crippen LogP contribution < -0.4 is 5.32 Å². The predicted octanol–water partition coefficient (Wildman–Crippen LogP) is 0.240. The summed E-state index contributed by atoms with van der Waals surface area (Å²) in [7, 11) is 0. The number of nitrogens with zero attached hydrogens (tertiary/aromatic N) is 3. The van der Waals surface area contributed by atoms with Gasteiger partial charge < -0.3 is 10.1 Å². The maximum Gasteiger partial charge on any atom is 0.435 e. The van der Waals surface area contributed by atoms with Crippen LogP contribution in [0.3, 0.4) is 0 Å². The maximum atomic E-state index is 13.1. The Hall–Kier alpha value is -2.43. The molecule has 3 amide bonds. The fourth-order valence-corrected chi connectivity index (χ4v) is 3.02. The molecule has 8 nitrogen and oxygen atoms in total. The highest BCUT2D eigenvalue weighted by Gasteiger charge is 2.39. The Morgan fingerprint density at radius 1 is 1.19 bits per heavy atom. The summed E-state index contributed by atoms with van der Waals surface area (Å²) in [6, 6.07) is 0. The van der Waals surface area contributed by atoms with Crippen LogP contribution in [-0.4, -0.2) is 52.1 Å². The van der Waals surface area contributed by atoms with Gasteiger partial charge in [0.15, 0.2) is 5.69 Å². The van der Waals surface area contributed by atoms with Crippen molar-refractivity contribution in [1.29, 1.82) is 0 Å². The second-order valence-corrected chi connectivity index (χ2v) is 6.02. The van der Waals surface area contributed by atoms with Gasteiger partial charge in [0, 0.05) is 37.1 Å². The van der Waals surface area contributed by atoms with Gasteiger partial charge in [-0.3, -0.25) is 24.0 Å². The van der Waals surface area contributed by atoms with Crippen molar-refractivity contribution in [2.75, 3.05) is 19.7 Å². The van der Waals surface area contributed by atoms with Crippen LogP contribution in [0.15, 0.2) is 0 Å². The Kier molecular flexibility index (Phi) is 4.99. The molecule has 0 bridgehead atoms. The molecule has 3 rings (SSSR count). The van der Waals surface area contributed by atoms with E-state index in [-0.39, 0.29) is 44.6 Å². The molecule has 1 aromatic rings. The van der Waals surface area contributed by atoms with E-state index < -0.39 is 29.6 Å². The summed E-state index contributed by atoms with van der Waals surface area (Å²) < 4.78 is 45.5. The van der Waals surface area contributed by atoms with E-state index >= 15 is 0 Å². The van der Waals surface area contributed by atoms with Crippen molar-refractivity contribution in [2.45, 2.75) is 38.6 Å². The molecular formula is C15H17F3N4O4. The number of alkyl halides is 3. The van der Waals surface area contributed by atoms with E-state index in [1.165, 1.54) is 4.68 Å². The van der Waals surface area contributed by atoms with Crippen molar-refractivity contribution in [3.63, 3.8) is 0 Å². The highest BCUT2D eigenvalue weighted by atomic mass is 19.4. The number of fused-ring (bicyclic) bond motifs is 1. The van der Waals surface area contributed by atoms with Crippen LogP contribution in [0.1, 0.15) is 29.8 Å². The van der Waals surface area contributed by atoms with Gasteiger partial charge in [0.1, 0.15) is 6.54 Å². The van der Waals surface area contributed by atoms with E-state index in [0.717, 1.165) is 4.90 Å². The molecule has 142 valence electrons. The zero-order valence-electron chi connectivity index (χ0n) is 13.8. The largest absolute Gasteiger partial charge is 0.435 e. The standard InChI is InChI=1S/C15H17F3N4O4/c16-15(17,18)14-9-8-26-6-3-10(9)22(20-14)5-4-19-11(23)7-21-12(24)1-2-13(21)25/h1-8H2,(H,19,23). The quantitative estimate of drug-likeness (QED) is 0.746. The van der Waals surface area contributed by atoms with Gasteiger partial charge in [0.2, 0.25) is 17.7 Å². The molecule has 0 atom stereocenters. The van der Waals surface area contributed by atoms with Crippen LogP contribution in [0.5, 0.6) is 0 Å². The summed E-state index contributed by atoms with van der Waals surface area (Å²) in [4.78, 5) is 35.7. The summed E-state index contributed by atoms with van der Waals surface area (Å²) in [6.07, 6.45) is -4.08. The Balaban J connectivity index is 1.60. The number of ether oxygens (including phenoxy) is 1. The minimum absolute atomic E-state index is 0.0291. The van der Waals surface area contributed by atoms with Crippen molar-refractivity contribution in [3.05, 3.63) is 17.0 Å². The Morgan fingerprint density at radius 3 is 2.54 bits per heavy atom. The second kappa shape index (κ2) is 7.06. The number of likely N-dealkylation sites (tertiary alicyclic amines) is 1. The third-order valence-electron chi connectivity index (χ3n) is 4.27. The summed E-state index contributed by atoms with van der Waals surface area (Å²) >= 11 is 0. The lowest BCUT2D eigenvalue weighted by molar-refractivity contribution is -0.143. The van der Waals surface area contributed by atoms with Gasteiger partial charge in [-0.15, -0.1) is 0 Å². The molecule has 1 fully saturated rings. The van der Waals surface area contributed by atoms with Gasteiger partial charge in [-0.25, -0.2) is 0 Å². The fraction of sp³-hybridized carbons (Fsp3) is 0.600. The van der Waals surface area contributed by atoms with Gasteiger partial charge >= 0.3 is 6.18 Å². The van der Waals surface area contributed by atoms with Crippen molar-refractivity contribution in [2.24, 2.45) is 0 Å². The molecule has 2 aliphatic rings. The third kappa shape index (κ3) is 3.71. The Morgan fingerprint density at radius 2 is 1.88 bits per heavy atom. The first-order valence-corrected chi connectivity index (χ1v) is 8.10. The zero-order chi connectivity index (χ0) is 18.9. The second-order valence-electron chi connectivity index (χ2n) is 6.02. The first kappa shape index (κ1) is 18.4. The molecule has 0 spiro atoms. The summed E-state index contributed by atoms with van der Waals surface area (Å²) in [6.45, 7) is -0.138. The smallest absolute Gasteiger partial charge is 0.376 e. The van der Waals surface area contributed by atoms with Gasteiger partial charge in [0.25, 0.3) is 0 Å². The zero-order valence-corrected chi connectivity index (χ0v) is 13.8. The normalized spacial score (nSPS) is 17.6. The van der Waals surface area contributed by atoms with E-state index in [4.69, 9.17) is 4.74 Å². The first-order chi connectivity index (χ1) is 12.3. The number of halogens is 3. The van der Waals surface area contributed by atoms with Crippen molar-refractivity contribution in [3.8, 4) is 0 Å². The minimum Gasteiger partial charge on any atom is -0.376 e. The number of amides is 3. The number of hydrogen-bond donors (Lipinski definition) is 1. The molecule has 1 N–H and O–H groups in total. The molecule has 3 heterocycles. The molecule has 0 saturated carbocycles. The van der Waals surface area contributed by atoms with Crippen LogP contribution in [0.25, 0.3) is 0 Å². The average Bonchev–Trinajstić information content (AvgIpc) is 3.10. The summed E-state index contributed by atoms with van der Waals surface area (Å²) in [5.41, 5.74) is -0.488. The number of carbonyl (C=O) groups excluding carboxylic acids is 3. The number of carbonyl (C=O) groups is 3. The lowest BCUT2D eigenvalue weighted by Crippen LogP contribution is -2.41. The number of rotatable bonds is 5. The lowest BCUT2D eigenvalue weighted by Gasteiger charge is -2.16. The van der Waals surface area contributed by atoms with E-state index in [1.54, 1.807) is 0 Å². The number of aromatic nitrogens is 2. The van der Waals surface area contributed by atoms with E-state index in [9.17, 15) is 27.6 Å². The van der Waals surface area contributed by atoms with Crippen LogP contribution in [0.4, 0.5) is 13.2 Å². The lowest BCUT2D eigenvalue weighted by atomic mass is 10.1. The molecule has 0 aliphatic carbocycles. The van der Waals surface area contributed by atoms with E-state index in [0.29, 0.717) is 18.7 Å². The molecular weight excluding hydrogens is 357 g/mol. The van der Waals surface area contributed by atoms with Crippen LogP contribution in [0.2, 0.25) is 0 Å². The number of nitrogens with one attached hydrogen (secondary N) is 1. The van der Waals surface area contributed by atoms with Gasteiger partial charge in [-0.1, -0.05) is 0 Å². The average molecular weight is 374 g/mol. The van der Waals surface area contributed by atoms with Crippen LogP contribution >= 0.6 is 0 Å². The Bertz CT molecular complexity index is 728. The highest BCUT2D eigenvalue weighted by molar-refractivity contribution is 6.04. The van der Waals surface area contributed by atoms with E-state index in [2.05, 4.69) is 10.4 Å². The summed E-state index contributed by atoms with van der Waals surface area (Å²) in [5, 5.41) is 6.12. The summed E-state index contributed by atoms with van der Waals surface area (Å²) in [5.74, 6) is -1.35. The fourth-order valence-electron chi connectivity index (χ4n) is 3.02. The predicted molar refractivity (Wildman–Crippen MR) is 79.6 cm³/mol. The molecule has 1 saturated heterocycles. The first-order valence-electron chi connectivity index (χ1n) is 8.10. The molecule has 1 aromatic heterocycles. The molecule has 26 heavy (non-hydrogen) atoms. The molecule has 0 aromatic carbocycles. The molecule has 11 heteroatoms. The minimum atomic E-state index is -4.57. The topological polar surface area (TPSA) is 93.5 Å². The van der Waals surface area contributed by atoms with Gasteiger partial charge in [-0.2, -0.15) is 18.3 Å². The highest BCUT2D eigenvalue weighted by Crippen LogP contribution is 2.34. The van der Waals surface area contributed by atoms with E-state index in [1.807, 2.05) is 0 Å².